The molecule has 196 valence electrons. The van der Waals surface area contributed by atoms with E-state index in [-0.39, 0.29) is 23.7 Å². The Morgan fingerprint density at radius 3 is 2.64 bits per heavy atom. The minimum atomic E-state index is -0.589. The predicted octanol–water partition coefficient (Wildman–Crippen LogP) is 2.95. The third kappa shape index (κ3) is 4.39. The normalized spacial score (nSPS) is 24.7. The van der Waals surface area contributed by atoms with Crippen LogP contribution in [0.15, 0.2) is 10.8 Å². The molecule has 0 unspecified atom stereocenters. The fourth-order valence-corrected chi connectivity index (χ4v) is 5.75. The van der Waals surface area contributed by atoms with E-state index < -0.39 is 5.54 Å². The average Bonchev–Trinajstić information content (AvgIpc) is 3.52. The second-order valence-electron chi connectivity index (χ2n) is 10.9. The highest BCUT2D eigenvalue weighted by atomic mass is 16.5. The molecule has 3 amide bonds. The lowest BCUT2D eigenvalue weighted by atomic mass is 9.97. The summed E-state index contributed by atoms with van der Waals surface area (Å²) in [6.07, 6.45) is 3.47. The second-order valence-corrected chi connectivity index (χ2v) is 10.9. The molecule has 3 aliphatic rings. The molecular weight excluding hydrogens is 462 g/mol. The van der Waals surface area contributed by atoms with Gasteiger partial charge in [0.1, 0.15) is 5.76 Å². The first-order chi connectivity index (χ1) is 17.2. The number of carbonyl (C=O) groups is 2. The number of piperazine rings is 1. The van der Waals surface area contributed by atoms with Crippen LogP contribution in [0.25, 0.3) is 0 Å². The van der Waals surface area contributed by atoms with Gasteiger partial charge in [0.25, 0.3) is 5.91 Å². The van der Waals surface area contributed by atoms with Gasteiger partial charge >= 0.3 is 6.03 Å². The summed E-state index contributed by atoms with van der Waals surface area (Å²) in [6.45, 7) is 14.8. The van der Waals surface area contributed by atoms with Gasteiger partial charge in [0, 0.05) is 50.5 Å². The molecule has 2 saturated heterocycles. The van der Waals surface area contributed by atoms with E-state index in [4.69, 9.17) is 9.15 Å². The number of anilines is 1. The summed E-state index contributed by atoms with van der Waals surface area (Å²) >= 11 is 0. The number of H-pyrrole nitrogens is 1. The molecule has 5 heterocycles. The molecule has 11 nitrogen and oxygen atoms in total. The van der Waals surface area contributed by atoms with Crippen molar-refractivity contribution in [1.82, 2.24) is 29.9 Å². The molecule has 0 saturated carbocycles. The van der Waals surface area contributed by atoms with E-state index in [0.29, 0.717) is 36.6 Å². The zero-order valence-corrected chi connectivity index (χ0v) is 21.8. The summed E-state index contributed by atoms with van der Waals surface area (Å²) in [7, 11) is 0. The smallest absolute Gasteiger partial charge is 0.321 e. The van der Waals surface area contributed by atoms with E-state index in [1.807, 2.05) is 23.6 Å². The molecule has 0 radical (unpaired) electrons. The Balaban J connectivity index is 1.27. The summed E-state index contributed by atoms with van der Waals surface area (Å²) in [5.74, 6) is 1.14. The number of urea groups is 1. The van der Waals surface area contributed by atoms with E-state index in [9.17, 15) is 9.59 Å². The maximum Gasteiger partial charge on any atom is 0.321 e. The molecule has 2 fully saturated rings. The number of oxazole rings is 1. The fraction of sp³-hybridized carbons (Fsp3) is 0.680. The Morgan fingerprint density at radius 2 is 1.94 bits per heavy atom. The van der Waals surface area contributed by atoms with Gasteiger partial charge in [-0.15, -0.1) is 0 Å². The number of fused-ring (bicyclic) bond motifs is 1. The van der Waals surface area contributed by atoms with Gasteiger partial charge in [-0.2, -0.15) is 5.10 Å². The van der Waals surface area contributed by atoms with Crippen molar-refractivity contribution < 1.29 is 18.7 Å². The van der Waals surface area contributed by atoms with Crippen LogP contribution in [0.1, 0.15) is 68.0 Å². The second kappa shape index (κ2) is 9.51. The van der Waals surface area contributed by atoms with Crippen LogP contribution in [0.2, 0.25) is 0 Å². The molecule has 11 heteroatoms. The van der Waals surface area contributed by atoms with Crippen molar-refractivity contribution >= 4 is 17.8 Å². The molecule has 2 aromatic rings. The van der Waals surface area contributed by atoms with E-state index >= 15 is 0 Å². The quantitative estimate of drug-likeness (QED) is 0.664. The molecular formula is C25H37N7O4. The van der Waals surface area contributed by atoms with Crippen molar-refractivity contribution in [3.63, 3.8) is 0 Å². The molecule has 0 aliphatic carbocycles. The minimum absolute atomic E-state index is 0.0132. The van der Waals surface area contributed by atoms with Gasteiger partial charge in [0.15, 0.2) is 17.9 Å². The zero-order valence-electron chi connectivity index (χ0n) is 21.8. The Morgan fingerprint density at radius 1 is 1.19 bits per heavy atom. The number of nitrogens with one attached hydrogen (secondary N) is 2. The first kappa shape index (κ1) is 24.8. The predicted molar refractivity (Wildman–Crippen MR) is 132 cm³/mol. The number of aromatic nitrogens is 3. The summed E-state index contributed by atoms with van der Waals surface area (Å²) in [5.41, 5.74) is 1.29. The first-order valence-electron chi connectivity index (χ1n) is 12.9. The topological polar surface area (TPSA) is 120 Å². The standard InChI is InChI=1S/C25H37N7O4/c1-15-11-31(16(2)10-30(15)12-18-6-8-35-9-7-18)24(34)32-13-19-21(25(32,4)5)28-29-22(19)27-23(33)20-17(3)36-14-26-20/h14-16,18H,6-13H2,1-5H3,(H2,27,28,29,33)/t15-,16+/m1/s1. The van der Waals surface area contributed by atoms with E-state index in [1.54, 1.807) is 6.92 Å². The highest BCUT2D eigenvalue weighted by Crippen LogP contribution is 2.41. The summed E-state index contributed by atoms with van der Waals surface area (Å²) < 4.78 is 10.7. The van der Waals surface area contributed by atoms with Crippen molar-refractivity contribution in [2.45, 2.75) is 71.6 Å². The molecule has 36 heavy (non-hydrogen) atoms. The van der Waals surface area contributed by atoms with Crippen LogP contribution in [0.4, 0.5) is 10.6 Å². The number of carbonyl (C=O) groups excluding carboxylic acids is 2. The molecule has 3 aliphatic heterocycles. The molecule has 0 spiro atoms. The van der Waals surface area contributed by atoms with Gasteiger partial charge in [-0.1, -0.05) is 0 Å². The van der Waals surface area contributed by atoms with Crippen molar-refractivity contribution in [1.29, 1.82) is 0 Å². The van der Waals surface area contributed by atoms with Crippen molar-refractivity contribution in [2.75, 3.05) is 38.2 Å². The summed E-state index contributed by atoms with van der Waals surface area (Å²) in [4.78, 5) is 37.0. The van der Waals surface area contributed by atoms with Gasteiger partial charge in [0.05, 0.1) is 17.8 Å². The van der Waals surface area contributed by atoms with Crippen LogP contribution in [-0.2, 0) is 16.8 Å². The van der Waals surface area contributed by atoms with Crippen LogP contribution in [0.5, 0.6) is 0 Å². The SMILES string of the molecule is Cc1ocnc1C(=O)Nc1n[nH]c2c1CN(C(=O)N1C[C@@H](C)N(CC3CCOCC3)C[C@@H]1C)C2(C)C. The third-order valence-corrected chi connectivity index (χ3v) is 8.09. The van der Waals surface area contributed by atoms with E-state index in [2.05, 4.69) is 39.2 Å². The number of hydrogen-bond donors (Lipinski definition) is 2. The van der Waals surface area contributed by atoms with E-state index in [0.717, 1.165) is 50.4 Å². The van der Waals surface area contributed by atoms with E-state index in [1.165, 1.54) is 6.39 Å². The van der Waals surface area contributed by atoms with Gasteiger partial charge in [-0.25, -0.2) is 9.78 Å². The van der Waals surface area contributed by atoms with Gasteiger partial charge in [0.2, 0.25) is 0 Å². The fourth-order valence-electron chi connectivity index (χ4n) is 5.75. The van der Waals surface area contributed by atoms with Gasteiger partial charge in [-0.3, -0.25) is 14.8 Å². The maximum absolute atomic E-state index is 13.9. The third-order valence-electron chi connectivity index (χ3n) is 8.09. The maximum atomic E-state index is 13.9. The van der Waals surface area contributed by atoms with Crippen molar-refractivity contribution in [3.8, 4) is 0 Å². The van der Waals surface area contributed by atoms with Crippen LogP contribution in [-0.4, -0.2) is 86.8 Å². The van der Waals surface area contributed by atoms with Crippen molar-refractivity contribution in [2.24, 2.45) is 5.92 Å². The number of aromatic amines is 1. The lowest BCUT2D eigenvalue weighted by molar-refractivity contribution is 0.00882. The van der Waals surface area contributed by atoms with Crippen LogP contribution >= 0.6 is 0 Å². The zero-order chi connectivity index (χ0) is 25.6. The highest BCUT2D eigenvalue weighted by molar-refractivity contribution is 6.03. The lowest BCUT2D eigenvalue weighted by Crippen LogP contribution is -2.62. The Labute approximate surface area is 211 Å². The molecule has 0 bridgehead atoms. The van der Waals surface area contributed by atoms with Gasteiger partial charge in [-0.05, 0) is 53.4 Å². The summed E-state index contributed by atoms with van der Waals surface area (Å²) in [6, 6.07) is 0.411. The average molecular weight is 500 g/mol. The molecule has 2 atom stereocenters. The van der Waals surface area contributed by atoms with Crippen LogP contribution in [0.3, 0.4) is 0 Å². The molecule has 2 N–H and O–H groups in total. The number of nitrogens with zero attached hydrogens (tertiary/aromatic N) is 5. The Hall–Kier alpha value is -2.92. The number of aryl methyl sites for hydroxylation is 1. The highest BCUT2D eigenvalue weighted by Gasteiger charge is 2.47. The lowest BCUT2D eigenvalue weighted by Gasteiger charge is -2.47. The molecule has 2 aromatic heterocycles. The minimum Gasteiger partial charge on any atom is -0.448 e. The number of hydrogen-bond acceptors (Lipinski definition) is 7. The number of ether oxygens (including phenoxy) is 1. The van der Waals surface area contributed by atoms with Gasteiger partial charge < -0.3 is 24.3 Å². The Kier molecular flexibility index (Phi) is 6.54. The molecule has 5 rings (SSSR count). The van der Waals surface area contributed by atoms with Crippen LogP contribution < -0.4 is 5.32 Å². The number of rotatable bonds is 4. The first-order valence-corrected chi connectivity index (χ1v) is 12.9. The van der Waals surface area contributed by atoms with Crippen molar-refractivity contribution in [3.05, 3.63) is 29.1 Å². The molecule has 0 aromatic carbocycles. The largest absolute Gasteiger partial charge is 0.448 e. The number of amides is 3. The Bertz CT molecular complexity index is 1120. The monoisotopic (exact) mass is 499 g/mol. The van der Waals surface area contributed by atoms with Crippen LogP contribution in [0, 0.1) is 12.8 Å². The summed E-state index contributed by atoms with van der Waals surface area (Å²) in [5, 5.41) is 10.2.